The monoisotopic (exact) mass is 250 g/mol. The zero-order chi connectivity index (χ0) is 12.9. The van der Waals surface area contributed by atoms with E-state index in [2.05, 4.69) is 54.6 Å². The Balaban J connectivity index is 1.57. The van der Waals surface area contributed by atoms with E-state index >= 15 is 0 Å². The summed E-state index contributed by atoms with van der Waals surface area (Å²) in [4.78, 5) is 0. The van der Waals surface area contributed by atoms with E-state index < -0.39 is 5.60 Å². The third-order valence-electron chi connectivity index (χ3n) is 4.82. The number of fused-ring (bicyclic) bond motifs is 1. The molecule has 2 unspecified atom stereocenters. The molecule has 2 aromatic rings. The van der Waals surface area contributed by atoms with Crippen molar-refractivity contribution in [2.45, 2.75) is 30.8 Å². The van der Waals surface area contributed by atoms with Crippen LogP contribution in [0, 0.1) is 5.92 Å². The third kappa shape index (κ3) is 1.81. The first-order chi connectivity index (χ1) is 9.26. The van der Waals surface area contributed by atoms with Crippen LogP contribution in [0.3, 0.4) is 0 Å². The standard InChI is InChI=1S/C18H18O/c19-18(11-14-8-4-5-9-15(14)12-18)17-10-16(17)13-6-2-1-3-7-13/h1-9,16-17,19H,10-12H2. The zero-order valence-corrected chi connectivity index (χ0v) is 10.9. The lowest BCUT2D eigenvalue weighted by atomic mass is 9.91. The van der Waals surface area contributed by atoms with Crippen LogP contribution in [0.25, 0.3) is 0 Å². The van der Waals surface area contributed by atoms with E-state index in [0.29, 0.717) is 11.8 Å². The van der Waals surface area contributed by atoms with Gasteiger partial charge in [0.25, 0.3) is 0 Å². The van der Waals surface area contributed by atoms with Gasteiger partial charge in [-0.3, -0.25) is 0 Å². The molecule has 96 valence electrons. The summed E-state index contributed by atoms with van der Waals surface area (Å²) in [5, 5.41) is 11.0. The van der Waals surface area contributed by atoms with Gasteiger partial charge >= 0.3 is 0 Å². The Bertz CT molecular complexity index is 577. The van der Waals surface area contributed by atoms with E-state index in [9.17, 15) is 5.11 Å². The van der Waals surface area contributed by atoms with Crippen LogP contribution in [0.4, 0.5) is 0 Å². The molecule has 0 heterocycles. The largest absolute Gasteiger partial charge is 0.389 e. The summed E-state index contributed by atoms with van der Waals surface area (Å²) < 4.78 is 0. The predicted molar refractivity (Wildman–Crippen MR) is 76.1 cm³/mol. The SMILES string of the molecule is OC1(C2CC2c2ccccc2)Cc2ccccc2C1. The second kappa shape index (κ2) is 3.94. The summed E-state index contributed by atoms with van der Waals surface area (Å²) in [6, 6.07) is 19.1. The molecule has 0 bridgehead atoms. The van der Waals surface area contributed by atoms with Gasteiger partial charge in [0.2, 0.25) is 0 Å². The zero-order valence-electron chi connectivity index (χ0n) is 10.9. The van der Waals surface area contributed by atoms with E-state index in [1.807, 2.05) is 0 Å². The molecule has 0 radical (unpaired) electrons. The van der Waals surface area contributed by atoms with Crippen molar-refractivity contribution >= 4 is 0 Å². The smallest absolute Gasteiger partial charge is 0.0762 e. The maximum Gasteiger partial charge on any atom is 0.0762 e. The molecule has 1 saturated carbocycles. The highest BCUT2D eigenvalue weighted by atomic mass is 16.3. The summed E-state index contributed by atoms with van der Waals surface area (Å²) in [5.41, 5.74) is 3.55. The first kappa shape index (κ1) is 11.2. The molecule has 0 saturated heterocycles. The summed E-state index contributed by atoms with van der Waals surface area (Å²) in [5.74, 6) is 0.989. The molecule has 1 heteroatoms. The van der Waals surface area contributed by atoms with Crippen molar-refractivity contribution in [3.63, 3.8) is 0 Å². The van der Waals surface area contributed by atoms with Crippen LogP contribution >= 0.6 is 0 Å². The Morgan fingerprint density at radius 3 is 2.05 bits per heavy atom. The topological polar surface area (TPSA) is 20.2 Å². The normalized spacial score (nSPS) is 27.0. The Morgan fingerprint density at radius 1 is 0.842 bits per heavy atom. The molecule has 2 atom stereocenters. The number of rotatable bonds is 2. The van der Waals surface area contributed by atoms with Crippen molar-refractivity contribution in [3.8, 4) is 0 Å². The van der Waals surface area contributed by atoms with Crippen molar-refractivity contribution in [1.29, 1.82) is 0 Å². The molecule has 0 aromatic heterocycles. The van der Waals surface area contributed by atoms with E-state index in [4.69, 9.17) is 0 Å². The summed E-state index contributed by atoms with van der Waals surface area (Å²) in [6.07, 6.45) is 2.79. The van der Waals surface area contributed by atoms with Gasteiger partial charge in [-0.1, -0.05) is 54.6 Å². The third-order valence-corrected chi connectivity index (χ3v) is 4.82. The van der Waals surface area contributed by atoms with Gasteiger partial charge in [0.05, 0.1) is 5.60 Å². The van der Waals surface area contributed by atoms with Gasteiger partial charge in [0, 0.05) is 12.8 Å². The quantitative estimate of drug-likeness (QED) is 0.867. The Hall–Kier alpha value is -1.60. The first-order valence-corrected chi connectivity index (χ1v) is 7.10. The first-order valence-electron chi connectivity index (χ1n) is 7.10. The molecule has 4 rings (SSSR count). The van der Waals surface area contributed by atoms with Crippen LogP contribution in [0.1, 0.15) is 29.0 Å². The minimum absolute atomic E-state index is 0.433. The maximum atomic E-state index is 11.0. The van der Waals surface area contributed by atoms with Gasteiger partial charge in [-0.05, 0) is 34.9 Å². The van der Waals surface area contributed by atoms with Gasteiger partial charge < -0.3 is 5.11 Å². The molecule has 0 amide bonds. The van der Waals surface area contributed by atoms with Crippen molar-refractivity contribution in [2.75, 3.05) is 0 Å². The van der Waals surface area contributed by atoms with Gasteiger partial charge in [-0.2, -0.15) is 0 Å². The molecule has 19 heavy (non-hydrogen) atoms. The predicted octanol–water partition coefficient (Wildman–Crippen LogP) is 3.32. The molecule has 1 N–H and O–H groups in total. The number of hydrogen-bond acceptors (Lipinski definition) is 1. The fourth-order valence-corrected chi connectivity index (χ4v) is 3.74. The van der Waals surface area contributed by atoms with Crippen LogP contribution in [-0.4, -0.2) is 10.7 Å². The molecule has 2 aliphatic rings. The van der Waals surface area contributed by atoms with Crippen molar-refractivity contribution in [3.05, 3.63) is 71.3 Å². The van der Waals surface area contributed by atoms with E-state index in [1.54, 1.807) is 0 Å². The lowest BCUT2D eigenvalue weighted by Crippen LogP contribution is -2.32. The molecular formula is C18H18O. The van der Waals surface area contributed by atoms with Gasteiger partial charge in [-0.15, -0.1) is 0 Å². The summed E-state index contributed by atoms with van der Waals surface area (Å²) in [7, 11) is 0. The highest BCUT2D eigenvalue weighted by Gasteiger charge is 2.54. The van der Waals surface area contributed by atoms with E-state index in [1.165, 1.54) is 16.7 Å². The molecule has 0 aliphatic heterocycles. The van der Waals surface area contributed by atoms with Crippen LogP contribution in [0.2, 0.25) is 0 Å². The molecule has 0 spiro atoms. The fraction of sp³-hybridized carbons (Fsp3) is 0.333. The van der Waals surface area contributed by atoms with Crippen LogP contribution in [-0.2, 0) is 12.8 Å². The molecule has 1 nitrogen and oxygen atoms in total. The lowest BCUT2D eigenvalue weighted by molar-refractivity contribution is 0.0262. The van der Waals surface area contributed by atoms with Crippen molar-refractivity contribution < 1.29 is 5.11 Å². The fourth-order valence-electron chi connectivity index (χ4n) is 3.74. The minimum Gasteiger partial charge on any atom is -0.389 e. The summed E-state index contributed by atoms with van der Waals surface area (Å²) >= 11 is 0. The summed E-state index contributed by atoms with van der Waals surface area (Å²) in [6.45, 7) is 0. The average molecular weight is 250 g/mol. The molecule has 2 aromatic carbocycles. The highest BCUT2D eigenvalue weighted by Crippen LogP contribution is 2.56. The number of aliphatic hydroxyl groups is 1. The molecular weight excluding hydrogens is 232 g/mol. The van der Waals surface area contributed by atoms with Crippen molar-refractivity contribution in [2.24, 2.45) is 5.92 Å². The Labute approximate surface area is 113 Å². The second-order valence-electron chi connectivity index (χ2n) is 6.09. The van der Waals surface area contributed by atoms with Gasteiger partial charge in [0.15, 0.2) is 0 Å². The van der Waals surface area contributed by atoms with E-state index in [-0.39, 0.29) is 0 Å². The lowest BCUT2D eigenvalue weighted by Gasteiger charge is -2.22. The van der Waals surface area contributed by atoms with Gasteiger partial charge in [0.1, 0.15) is 0 Å². The van der Waals surface area contributed by atoms with Gasteiger partial charge in [-0.25, -0.2) is 0 Å². The maximum absolute atomic E-state index is 11.0. The van der Waals surface area contributed by atoms with Crippen molar-refractivity contribution in [1.82, 2.24) is 0 Å². The minimum atomic E-state index is -0.510. The van der Waals surface area contributed by atoms with Crippen LogP contribution in [0.5, 0.6) is 0 Å². The highest BCUT2D eigenvalue weighted by molar-refractivity contribution is 5.38. The van der Waals surface area contributed by atoms with Crippen LogP contribution < -0.4 is 0 Å². The second-order valence-corrected chi connectivity index (χ2v) is 6.09. The Morgan fingerprint density at radius 2 is 1.42 bits per heavy atom. The van der Waals surface area contributed by atoms with E-state index in [0.717, 1.165) is 19.3 Å². The molecule has 1 fully saturated rings. The Kier molecular flexibility index (Phi) is 2.33. The number of benzene rings is 2. The average Bonchev–Trinajstić information content (AvgIpc) is 3.17. The van der Waals surface area contributed by atoms with Crippen LogP contribution in [0.15, 0.2) is 54.6 Å². The molecule has 2 aliphatic carbocycles. The number of hydrogen-bond donors (Lipinski definition) is 1.